The van der Waals surface area contributed by atoms with Crippen molar-refractivity contribution in [3.8, 4) is 0 Å². The van der Waals surface area contributed by atoms with Crippen molar-refractivity contribution in [1.82, 2.24) is 19.9 Å². The molecule has 1 atom stereocenters. The Balaban J connectivity index is 1.80. The second kappa shape index (κ2) is 4.28. The molecule has 2 aromatic heterocycles. The molecule has 116 valence electrons. The molecule has 22 heavy (non-hydrogen) atoms. The molecule has 2 bridgehead atoms. The third kappa shape index (κ3) is 1.84. The first-order valence-corrected chi connectivity index (χ1v) is 7.40. The normalized spacial score (nSPS) is 30.6. The van der Waals surface area contributed by atoms with Crippen LogP contribution in [-0.4, -0.2) is 26.1 Å². The molecule has 3 aliphatic rings. The molecule has 0 aromatic carbocycles. The van der Waals surface area contributed by atoms with Crippen LogP contribution in [0.4, 0.5) is 13.2 Å². The third-order valence-corrected chi connectivity index (χ3v) is 5.14. The average molecular weight is 329 g/mol. The molecular formula is C14H12ClF3N4. The number of aromatic nitrogens is 4. The van der Waals surface area contributed by atoms with E-state index in [1.807, 2.05) is 0 Å². The van der Waals surface area contributed by atoms with Gasteiger partial charge in [0.2, 0.25) is 5.28 Å². The Bertz CT molecular complexity index is 765. The number of halogens is 4. The maximum Gasteiger partial charge on any atom is 0.394 e. The van der Waals surface area contributed by atoms with Gasteiger partial charge in [0.15, 0.2) is 5.65 Å². The largest absolute Gasteiger partial charge is 0.394 e. The monoisotopic (exact) mass is 328 g/mol. The van der Waals surface area contributed by atoms with Gasteiger partial charge >= 0.3 is 6.18 Å². The van der Waals surface area contributed by atoms with Crippen LogP contribution in [0, 0.1) is 18.3 Å². The highest BCUT2D eigenvalue weighted by Gasteiger charge is 2.69. The maximum absolute atomic E-state index is 13.2. The molecule has 0 radical (unpaired) electrons. The number of hydrogen-bond donors (Lipinski definition) is 0. The summed E-state index contributed by atoms with van der Waals surface area (Å²) in [5.41, 5.74) is 0.446. The molecular weight excluding hydrogens is 317 g/mol. The average Bonchev–Trinajstić information content (AvgIpc) is 2.92. The van der Waals surface area contributed by atoms with Gasteiger partial charge in [-0.15, -0.1) is 0 Å². The molecule has 0 unspecified atom stereocenters. The van der Waals surface area contributed by atoms with Crippen LogP contribution in [0.1, 0.15) is 36.6 Å². The van der Waals surface area contributed by atoms with E-state index in [9.17, 15) is 13.2 Å². The lowest BCUT2D eigenvalue weighted by molar-refractivity contribution is -0.244. The van der Waals surface area contributed by atoms with Gasteiger partial charge in [-0.25, -0.2) is 15.0 Å². The van der Waals surface area contributed by atoms with Crippen LogP contribution in [0.25, 0.3) is 11.2 Å². The number of rotatable bonds is 1. The van der Waals surface area contributed by atoms with E-state index < -0.39 is 11.6 Å². The summed E-state index contributed by atoms with van der Waals surface area (Å²) in [5, 5.41) is 0.00700. The highest BCUT2D eigenvalue weighted by molar-refractivity contribution is 6.28. The predicted octanol–water partition coefficient (Wildman–Crippen LogP) is 3.83. The molecule has 5 rings (SSSR count). The van der Waals surface area contributed by atoms with Gasteiger partial charge in [-0.2, -0.15) is 18.2 Å². The molecule has 0 amide bonds. The zero-order valence-corrected chi connectivity index (χ0v) is 12.4. The lowest BCUT2D eigenvalue weighted by atomic mass is 9.69. The van der Waals surface area contributed by atoms with Crippen molar-refractivity contribution >= 4 is 22.8 Å². The molecule has 3 fully saturated rings. The Morgan fingerprint density at radius 3 is 2.55 bits per heavy atom. The number of fused-ring (bicyclic) bond motifs is 2. The topological polar surface area (TPSA) is 51.6 Å². The van der Waals surface area contributed by atoms with Gasteiger partial charge in [0.1, 0.15) is 5.52 Å². The van der Waals surface area contributed by atoms with E-state index in [0.29, 0.717) is 22.6 Å². The lowest BCUT2D eigenvalue weighted by Gasteiger charge is -2.39. The van der Waals surface area contributed by atoms with Crippen LogP contribution < -0.4 is 0 Å². The summed E-state index contributed by atoms with van der Waals surface area (Å²) in [4.78, 5) is 16.7. The molecule has 0 N–H and O–H groups in total. The molecule has 0 spiro atoms. The van der Waals surface area contributed by atoms with Gasteiger partial charge in [0.05, 0.1) is 16.8 Å². The Morgan fingerprint density at radius 1 is 1.18 bits per heavy atom. The zero-order chi connectivity index (χ0) is 15.7. The minimum atomic E-state index is -4.16. The summed E-state index contributed by atoms with van der Waals surface area (Å²) >= 11 is 5.93. The zero-order valence-electron chi connectivity index (χ0n) is 11.7. The summed E-state index contributed by atoms with van der Waals surface area (Å²) in [5.74, 6) is -0.291. The Hall–Kier alpha value is -1.50. The molecule has 4 nitrogen and oxygen atoms in total. The van der Waals surface area contributed by atoms with Crippen LogP contribution in [0.5, 0.6) is 0 Å². The van der Waals surface area contributed by atoms with Crippen LogP contribution in [0.3, 0.4) is 0 Å². The number of hydrogen-bond acceptors (Lipinski definition) is 4. The summed E-state index contributed by atoms with van der Waals surface area (Å²) in [6.45, 7) is 1.77. The summed E-state index contributed by atoms with van der Waals surface area (Å²) in [6.07, 6.45) is -2.19. The minimum Gasteiger partial charge on any atom is -0.249 e. The molecule has 3 aliphatic carbocycles. The Kier molecular flexibility index (Phi) is 2.74. The number of nitrogens with zero attached hydrogens (tertiary/aromatic N) is 4. The summed E-state index contributed by atoms with van der Waals surface area (Å²) < 4.78 is 39.7. The van der Waals surface area contributed by atoms with E-state index in [0.717, 1.165) is 0 Å². The van der Waals surface area contributed by atoms with E-state index >= 15 is 0 Å². The number of aryl methyl sites for hydroxylation is 1. The van der Waals surface area contributed by atoms with E-state index in [-0.39, 0.29) is 36.4 Å². The molecule has 2 aromatic rings. The summed E-state index contributed by atoms with van der Waals surface area (Å²) in [6, 6.07) is 0. The van der Waals surface area contributed by atoms with E-state index in [1.54, 1.807) is 13.1 Å². The fourth-order valence-electron chi connectivity index (χ4n) is 3.90. The fraction of sp³-hybridized carbons (Fsp3) is 0.571. The lowest BCUT2D eigenvalue weighted by Crippen LogP contribution is -2.42. The predicted molar refractivity (Wildman–Crippen MR) is 73.4 cm³/mol. The highest BCUT2D eigenvalue weighted by atomic mass is 35.5. The van der Waals surface area contributed by atoms with Gasteiger partial charge < -0.3 is 0 Å². The van der Waals surface area contributed by atoms with Gasteiger partial charge in [-0.3, -0.25) is 0 Å². The smallest absolute Gasteiger partial charge is 0.249 e. The van der Waals surface area contributed by atoms with Crippen LogP contribution >= 0.6 is 11.6 Å². The summed E-state index contributed by atoms with van der Waals surface area (Å²) in [7, 11) is 0. The van der Waals surface area contributed by atoms with Crippen molar-refractivity contribution in [2.24, 2.45) is 11.3 Å². The third-order valence-electron chi connectivity index (χ3n) is 4.97. The highest BCUT2D eigenvalue weighted by Crippen LogP contribution is 2.70. The first kappa shape index (κ1) is 14.1. The van der Waals surface area contributed by atoms with Crippen LogP contribution in [0.15, 0.2) is 6.20 Å². The molecule has 8 heteroatoms. The van der Waals surface area contributed by atoms with E-state index in [1.165, 1.54) is 0 Å². The van der Waals surface area contributed by atoms with Crippen LogP contribution in [0.2, 0.25) is 5.28 Å². The quantitative estimate of drug-likeness (QED) is 0.747. The van der Waals surface area contributed by atoms with Gasteiger partial charge in [-0.05, 0) is 43.7 Å². The van der Waals surface area contributed by atoms with E-state index in [2.05, 4.69) is 19.9 Å². The van der Waals surface area contributed by atoms with E-state index in [4.69, 9.17) is 11.6 Å². The first-order valence-electron chi connectivity index (χ1n) is 7.03. The van der Waals surface area contributed by atoms with Crippen LogP contribution in [-0.2, 0) is 0 Å². The fourth-order valence-corrected chi connectivity index (χ4v) is 4.07. The van der Waals surface area contributed by atoms with Crippen molar-refractivity contribution in [3.05, 3.63) is 22.9 Å². The molecule has 3 saturated carbocycles. The molecule has 2 heterocycles. The second-order valence-electron chi connectivity index (χ2n) is 6.32. The molecule has 0 aliphatic heterocycles. The van der Waals surface area contributed by atoms with Crippen molar-refractivity contribution in [3.63, 3.8) is 0 Å². The first-order chi connectivity index (χ1) is 10.3. The van der Waals surface area contributed by atoms with Gasteiger partial charge in [0.25, 0.3) is 0 Å². The SMILES string of the molecule is Cc1cnc2c([C@H]3CC4(C(F)(F)F)CC3C4)nc(Cl)nc2n1. The number of alkyl halides is 3. The van der Waals surface area contributed by atoms with Gasteiger partial charge in [-0.1, -0.05) is 0 Å². The van der Waals surface area contributed by atoms with Crippen molar-refractivity contribution in [1.29, 1.82) is 0 Å². The van der Waals surface area contributed by atoms with Gasteiger partial charge in [0, 0.05) is 12.1 Å². The standard InChI is InChI=1S/C14H12ClF3N4/c1-6-5-19-10-9(21-12(15)22-11(10)20-6)8-4-13(14(16,17)18)2-7(8)3-13/h5,7-8H,2-4H2,1H3/t7?,8-,13?/m0/s1. The Morgan fingerprint density at radius 2 is 1.91 bits per heavy atom. The minimum absolute atomic E-state index is 0.00700. The van der Waals surface area contributed by atoms with Crippen molar-refractivity contribution < 1.29 is 13.2 Å². The maximum atomic E-state index is 13.2. The second-order valence-corrected chi connectivity index (χ2v) is 6.66. The van der Waals surface area contributed by atoms with Crippen molar-refractivity contribution in [2.45, 2.75) is 38.3 Å². The Labute approximate surface area is 129 Å². The van der Waals surface area contributed by atoms with Crippen molar-refractivity contribution in [2.75, 3.05) is 0 Å². The molecule has 0 saturated heterocycles.